The van der Waals surface area contributed by atoms with Gasteiger partial charge in [0.15, 0.2) is 0 Å². The molecule has 0 saturated heterocycles. The molecule has 0 atom stereocenters. The van der Waals surface area contributed by atoms with Crippen LogP contribution in [0.15, 0.2) is 18.2 Å². The van der Waals surface area contributed by atoms with Crippen LogP contribution in [0.2, 0.25) is 0 Å². The first-order valence-electron chi connectivity index (χ1n) is 7.20. The zero-order valence-electron chi connectivity index (χ0n) is 13.7. The van der Waals surface area contributed by atoms with Crippen LogP contribution in [-0.4, -0.2) is 16.2 Å². The Morgan fingerprint density at radius 1 is 1.18 bits per heavy atom. The molecule has 0 aliphatic rings. The Kier molecular flexibility index (Phi) is 4.81. The van der Waals surface area contributed by atoms with Crippen molar-refractivity contribution in [2.24, 2.45) is 0 Å². The molecule has 2 rings (SSSR count). The Morgan fingerprint density at radius 3 is 2.50 bits per heavy atom. The molecule has 22 heavy (non-hydrogen) atoms. The topological polar surface area (TPSA) is 66.9 Å². The second-order valence-corrected chi connectivity index (χ2v) is 7.37. The minimum atomic E-state index is -0.269. The number of rotatable bonds is 3. The number of benzene rings is 1. The number of anilines is 1. The number of hydrogen-bond acceptors (Lipinski definition) is 4. The fourth-order valence-electron chi connectivity index (χ4n) is 1.81. The Bertz CT molecular complexity index is 673. The SMILES string of the molecule is Cc1ccc(CNC(=O)Nc2nnc(C(C)(C)C)s2)cc1C. The average Bonchev–Trinajstić information content (AvgIpc) is 2.88. The van der Waals surface area contributed by atoms with E-state index < -0.39 is 0 Å². The van der Waals surface area contributed by atoms with Gasteiger partial charge in [-0.1, -0.05) is 50.3 Å². The predicted molar refractivity (Wildman–Crippen MR) is 90.4 cm³/mol. The van der Waals surface area contributed by atoms with Crippen LogP contribution >= 0.6 is 11.3 Å². The molecule has 5 nitrogen and oxygen atoms in total. The first-order valence-corrected chi connectivity index (χ1v) is 8.02. The third-order valence-corrected chi connectivity index (χ3v) is 4.58. The molecule has 0 radical (unpaired) electrons. The second kappa shape index (κ2) is 6.44. The molecule has 2 N–H and O–H groups in total. The van der Waals surface area contributed by atoms with Gasteiger partial charge in [-0.3, -0.25) is 5.32 Å². The quantitative estimate of drug-likeness (QED) is 0.905. The monoisotopic (exact) mass is 318 g/mol. The molecule has 1 aromatic heterocycles. The smallest absolute Gasteiger partial charge is 0.321 e. The Balaban J connectivity index is 1.90. The summed E-state index contributed by atoms with van der Waals surface area (Å²) in [6, 6.07) is 5.89. The number of nitrogens with zero attached hydrogens (tertiary/aromatic N) is 2. The van der Waals surface area contributed by atoms with Gasteiger partial charge in [-0.25, -0.2) is 4.79 Å². The molecule has 1 heterocycles. The molecule has 0 spiro atoms. The summed E-state index contributed by atoms with van der Waals surface area (Å²) >= 11 is 1.40. The number of urea groups is 1. The van der Waals surface area contributed by atoms with Gasteiger partial charge in [-0.15, -0.1) is 10.2 Å². The lowest BCUT2D eigenvalue weighted by atomic mass is 9.98. The molecule has 0 unspecified atom stereocenters. The van der Waals surface area contributed by atoms with E-state index in [-0.39, 0.29) is 11.4 Å². The average molecular weight is 318 g/mol. The zero-order chi connectivity index (χ0) is 16.3. The molecule has 0 fully saturated rings. The van der Waals surface area contributed by atoms with Crippen molar-refractivity contribution in [3.63, 3.8) is 0 Å². The lowest BCUT2D eigenvalue weighted by Gasteiger charge is -2.12. The van der Waals surface area contributed by atoms with Crippen LogP contribution in [-0.2, 0) is 12.0 Å². The molecule has 0 saturated carbocycles. The number of aryl methyl sites for hydroxylation is 2. The minimum Gasteiger partial charge on any atom is -0.334 e. The van der Waals surface area contributed by atoms with Crippen LogP contribution in [0.25, 0.3) is 0 Å². The fourth-order valence-corrected chi connectivity index (χ4v) is 2.61. The summed E-state index contributed by atoms with van der Waals surface area (Å²) in [7, 11) is 0. The number of aromatic nitrogens is 2. The molecular weight excluding hydrogens is 296 g/mol. The van der Waals surface area contributed by atoms with Crippen LogP contribution < -0.4 is 10.6 Å². The van der Waals surface area contributed by atoms with Crippen molar-refractivity contribution in [1.82, 2.24) is 15.5 Å². The van der Waals surface area contributed by atoms with Crippen molar-refractivity contribution in [3.05, 3.63) is 39.9 Å². The van der Waals surface area contributed by atoms with Gasteiger partial charge >= 0.3 is 6.03 Å². The Labute approximate surface area is 135 Å². The van der Waals surface area contributed by atoms with E-state index in [4.69, 9.17) is 0 Å². The normalized spacial score (nSPS) is 11.3. The fraction of sp³-hybridized carbons (Fsp3) is 0.438. The largest absolute Gasteiger partial charge is 0.334 e. The van der Waals surface area contributed by atoms with E-state index in [1.807, 2.05) is 6.07 Å². The molecule has 6 heteroatoms. The van der Waals surface area contributed by atoms with Gasteiger partial charge in [0.05, 0.1) is 0 Å². The number of carbonyl (C=O) groups excluding carboxylic acids is 1. The maximum absolute atomic E-state index is 11.9. The number of nitrogens with one attached hydrogen (secondary N) is 2. The summed E-state index contributed by atoms with van der Waals surface area (Å²) < 4.78 is 0. The predicted octanol–water partition coefficient (Wildman–Crippen LogP) is 3.77. The first kappa shape index (κ1) is 16.4. The van der Waals surface area contributed by atoms with Gasteiger partial charge in [-0.2, -0.15) is 0 Å². The van der Waals surface area contributed by atoms with Crippen LogP contribution in [0.3, 0.4) is 0 Å². The van der Waals surface area contributed by atoms with Gasteiger partial charge in [-0.05, 0) is 30.5 Å². The number of hydrogen-bond donors (Lipinski definition) is 2. The molecule has 0 aliphatic heterocycles. The maximum atomic E-state index is 11.9. The third kappa shape index (κ3) is 4.27. The van der Waals surface area contributed by atoms with Crippen molar-refractivity contribution >= 4 is 22.5 Å². The van der Waals surface area contributed by atoms with E-state index in [0.29, 0.717) is 11.7 Å². The Morgan fingerprint density at radius 2 is 1.91 bits per heavy atom. The first-order chi connectivity index (χ1) is 10.3. The maximum Gasteiger partial charge on any atom is 0.321 e. The van der Waals surface area contributed by atoms with Gasteiger partial charge < -0.3 is 5.32 Å². The van der Waals surface area contributed by atoms with Crippen molar-refractivity contribution in [3.8, 4) is 0 Å². The van der Waals surface area contributed by atoms with Gasteiger partial charge in [0.1, 0.15) is 5.01 Å². The van der Waals surface area contributed by atoms with Crippen LogP contribution in [0.4, 0.5) is 9.93 Å². The van der Waals surface area contributed by atoms with Crippen molar-refractivity contribution in [1.29, 1.82) is 0 Å². The van der Waals surface area contributed by atoms with E-state index in [1.54, 1.807) is 0 Å². The van der Waals surface area contributed by atoms with Crippen LogP contribution in [0, 0.1) is 13.8 Å². The summed E-state index contributed by atoms with van der Waals surface area (Å²) in [5, 5.41) is 15.1. The van der Waals surface area contributed by atoms with Crippen molar-refractivity contribution in [2.75, 3.05) is 5.32 Å². The molecule has 2 aromatic rings. The third-order valence-electron chi connectivity index (χ3n) is 3.31. The van der Waals surface area contributed by atoms with E-state index in [2.05, 4.69) is 67.6 Å². The highest BCUT2D eigenvalue weighted by atomic mass is 32.1. The molecule has 1 aromatic carbocycles. The highest BCUT2D eigenvalue weighted by Crippen LogP contribution is 2.27. The van der Waals surface area contributed by atoms with E-state index in [1.165, 1.54) is 22.5 Å². The summed E-state index contributed by atoms with van der Waals surface area (Å²) in [4.78, 5) is 11.9. The minimum absolute atomic E-state index is 0.0620. The molecular formula is C16H22N4OS. The van der Waals surface area contributed by atoms with E-state index in [9.17, 15) is 4.79 Å². The summed E-state index contributed by atoms with van der Waals surface area (Å²) in [6.45, 7) is 10.8. The lowest BCUT2D eigenvalue weighted by molar-refractivity contribution is 0.251. The number of carbonyl (C=O) groups is 1. The van der Waals surface area contributed by atoms with Gasteiger partial charge in [0.25, 0.3) is 0 Å². The van der Waals surface area contributed by atoms with Crippen molar-refractivity contribution < 1.29 is 4.79 Å². The standard InChI is InChI=1S/C16H22N4OS/c1-10-6-7-12(8-11(10)2)9-17-14(21)18-15-20-19-13(22-15)16(3,4)5/h6-8H,9H2,1-5H3,(H2,17,18,20,21). The molecule has 2 amide bonds. The summed E-state index contributed by atoms with van der Waals surface area (Å²) in [6.07, 6.45) is 0. The van der Waals surface area contributed by atoms with Crippen LogP contribution in [0.1, 0.15) is 42.5 Å². The van der Waals surface area contributed by atoms with Gasteiger partial charge in [0, 0.05) is 12.0 Å². The second-order valence-electron chi connectivity index (χ2n) is 6.39. The highest BCUT2D eigenvalue weighted by molar-refractivity contribution is 7.15. The molecule has 118 valence electrons. The number of amides is 2. The Hall–Kier alpha value is -1.95. The summed E-state index contributed by atoms with van der Waals surface area (Å²) in [5.41, 5.74) is 3.48. The van der Waals surface area contributed by atoms with E-state index in [0.717, 1.165) is 10.6 Å². The highest BCUT2D eigenvalue weighted by Gasteiger charge is 2.19. The molecule has 0 aliphatic carbocycles. The zero-order valence-corrected chi connectivity index (χ0v) is 14.5. The molecule has 0 bridgehead atoms. The van der Waals surface area contributed by atoms with Crippen molar-refractivity contribution in [2.45, 2.75) is 46.6 Å². The van der Waals surface area contributed by atoms with Crippen LogP contribution in [0.5, 0.6) is 0 Å². The summed E-state index contributed by atoms with van der Waals surface area (Å²) in [5.74, 6) is 0. The lowest BCUT2D eigenvalue weighted by Crippen LogP contribution is -2.28. The van der Waals surface area contributed by atoms with Gasteiger partial charge in [0.2, 0.25) is 5.13 Å². The van der Waals surface area contributed by atoms with E-state index >= 15 is 0 Å².